The van der Waals surface area contributed by atoms with E-state index in [9.17, 15) is 4.79 Å². The van der Waals surface area contributed by atoms with Gasteiger partial charge in [-0.3, -0.25) is 4.79 Å². The summed E-state index contributed by atoms with van der Waals surface area (Å²) in [6.45, 7) is 1.86. The van der Waals surface area contributed by atoms with Gasteiger partial charge in [0.15, 0.2) is 11.5 Å². The van der Waals surface area contributed by atoms with Gasteiger partial charge in [0.25, 0.3) is 5.91 Å². The Morgan fingerprint density at radius 3 is 2.43 bits per heavy atom. The smallest absolute Gasteiger partial charge is 0.271 e. The fourth-order valence-electron chi connectivity index (χ4n) is 3.11. The van der Waals surface area contributed by atoms with E-state index in [1.54, 1.807) is 37.1 Å². The molecule has 1 aliphatic rings. The number of nitrogens with one attached hydrogen (secondary N) is 2. The molecule has 0 radical (unpaired) electrons. The number of hydrogen-bond donors (Lipinski definition) is 2. The summed E-state index contributed by atoms with van der Waals surface area (Å²) < 4.78 is 10.5. The molecule has 4 rings (SSSR count). The molecule has 0 saturated heterocycles. The Morgan fingerprint density at radius 2 is 1.63 bits per heavy atom. The number of hydrogen-bond acceptors (Lipinski definition) is 6. The maximum absolute atomic E-state index is 12.5. The van der Waals surface area contributed by atoms with Crippen LogP contribution in [0.5, 0.6) is 11.5 Å². The summed E-state index contributed by atoms with van der Waals surface area (Å²) in [5, 5.41) is 7.73. The summed E-state index contributed by atoms with van der Waals surface area (Å²) >= 11 is 1.73. The lowest BCUT2D eigenvalue weighted by molar-refractivity contribution is 0.0954. The molecule has 0 aromatic heterocycles. The highest BCUT2D eigenvalue weighted by Crippen LogP contribution is 2.44. The van der Waals surface area contributed by atoms with Crippen LogP contribution < -0.4 is 20.2 Å². The molecule has 1 heterocycles. The van der Waals surface area contributed by atoms with Crippen molar-refractivity contribution in [1.29, 1.82) is 0 Å². The topological polar surface area (TPSA) is 72.0 Å². The highest BCUT2D eigenvalue weighted by atomic mass is 32.2. The number of anilines is 2. The van der Waals surface area contributed by atoms with Crippen LogP contribution in [-0.4, -0.2) is 25.8 Å². The molecule has 0 bridgehead atoms. The van der Waals surface area contributed by atoms with Crippen LogP contribution >= 0.6 is 11.8 Å². The van der Waals surface area contributed by atoms with Gasteiger partial charge in [-0.05, 0) is 55.0 Å². The van der Waals surface area contributed by atoms with E-state index in [1.165, 1.54) is 12.0 Å². The minimum Gasteiger partial charge on any atom is -0.493 e. The fourth-order valence-corrected chi connectivity index (χ4v) is 4.07. The minimum atomic E-state index is -0.323. The summed E-state index contributed by atoms with van der Waals surface area (Å²) in [7, 11) is 3.08. The van der Waals surface area contributed by atoms with E-state index in [2.05, 4.69) is 34.0 Å². The van der Waals surface area contributed by atoms with Gasteiger partial charge in [0.1, 0.15) is 0 Å². The zero-order valence-corrected chi connectivity index (χ0v) is 17.7. The Hall–Kier alpha value is -3.45. The first-order chi connectivity index (χ1) is 14.6. The van der Waals surface area contributed by atoms with Gasteiger partial charge >= 0.3 is 0 Å². The summed E-state index contributed by atoms with van der Waals surface area (Å²) in [6, 6.07) is 19.3. The van der Waals surface area contributed by atoms with E-state index >= 15 is 0 Å². The molecule has 1 amide bonds. The van der Waals surface area contributed by atoms with E-state index in [-0.39, 0.29) is 5.91 Å². The molecule has 30 heavy (non-hydrogen) atoms. The van der Waals surface area contributed by atoms with Gasteiger partial charge < -0.3 is 14.8 Å². The van der Waals surface area contributed by atoms with E-state index in [0.29, 0.717) is 22.8 Å². The van der Waals surface area contributed by atoms with Gasteiger partial charge in [-0.25, -0.2) is 5.43 Å². The number of fused-ring (bicyclic) bond motifs is 2. The Labute approximate surface area is 179 Å². The van der Waals surface area contributed by atoms with Crippen molar-refractivity contribution in [2.75, 3.05) is 19.5 Å². The first-order valence-corrected chi connectivity index (χ1v) is 10.2. The molecule has 6 nitrogen and oxygen atoms in total. The lowest BCUT2D eigenvalue weighted by Crippen LogP contribution is -2.19. The van der Waals surface area contributed by atoms with Gasteiger partial charge in [0, 0.05) is 15.4 Å². The van der Waals surface area contributed by atoms with Crippen molar-refractivity contribution in [2.24, 2.45) is 5.10 Å². The molecule has 2 N–H and O–H groups in total. The van der Waals surface area contributed by atoms with Crippen LogP contribution in [0.2, 0.25) is 0 Å². The van der Waals surface area contributed by atoms with Crippen LogP contribution in [0.1, 0.15) is 22.8 Å². The molecular formula is C23H21N3O3S. The van der Waals surface area contributed by atoms with E-state index < -0.39 is 0 Å². The summed E-state index contributed by atoms with van der Waals surface area (Å²) in [5.74, 6) is 0.731. The number of carbonyl (C=O) groups is 1. The number of hydrazone groups is 1. The van der Waals surface area contributed by atoms with Crippen LogP contribution in [0.15, 0.2) is 75.6 Å². The SMILES string of the molecule is COc1ccc(C(=O)N/N=C(\C)c2ccc3c(c2)Nc2ccccc2S3)cc1OC. The molecule has 3 aromatic rings. The maximum Gasteiger partial charge on any atom is 0.271 e. The number of benzene rings is 3. The molecule has 0 spiro atoms. The number of methoxy groups -OCH3 is 2. The number of ether oxygens (including phenoxy) is 2. The molecule has 0 atom stereocenters. The van der Waals surface area contributed by atoms with Crippen LogP contribution in [0.4, 0.5) is 11.4 Å². The van der Waals surface area contributed by atoms with E-state index in [4.69, 9.17) is 9.47 Å². The third-order valence-corrected chi connectivity index (χ3v) is 5.90. The lowest BCUT2D eigenvalue weighted by atomic mass is 10.1. The fraction of sp³-hybridized carbons (Fsp3) is 0.130. The molecule has 0 fully saturated rings. The number of carbonyl (C=O) groups excluding carboxylic acids is 1. The second-order valence-corrected chi connectivity index (χ2v) is 7.73. The second-order valence-electron chi connectivity index (χ2n) is 6.64. The zero-order valence-electron chi connectivity index (χ0n) is 16.9. The first-order valence-electron chi connectivity index (χ1n) is 9.34. The summed E-state index contributed by atoms with van der Waals surface area (Å²) in [5.41, 5.74) is 6.79. The quantitative estimate of drug-likeness (QED) is 0.349. The standard InChI is InChI=1S/C23H21N3O3S/c1-14(25-26-23(27)16-8-10-19(28-2)20(13-16)29-3)15-9-11-22-18(12-15)24-17-6-4-5-7-21(17)30-22/h4-13,24H,1-3H3,(H,26,27)/b25-14+. The predicted molar refractivity (Wildman–Crippen MR) is 120 cm³/mol. The third kappa shape index (κ3) is 3.97. The van der Waals surface area contributed by atoms with Crippen molar-refractivity contribution in [1.82, 2.24) is 5.43 Å². The Bertz CT molecular complexity index is 1140. The van der Waals surface area contributed by atoms with Gasteiger partial charge in [0.05, 0.1) is 31.3 Å². The number of rotatable bonds is 5. The number of nitrogens with zero attached hydrogens (tertiary/aromatic N) is 1. The number of amides is 1. The molecule has 0 unspecified atom stereocenters. The van der Waals surface area contributed by atoms with Gasteiger partial charge in [-0.15, -0.1) is 0 Å². The summed E-state index contributed by atoms with van der Waals surface area (Å²) in [4.78, 5) is 14.8. The van der Waals surface area contributed by atoms with Gasteiger partial charge in [-0.2, -0.15) is 5.10 Å². The average molecular weight is 420 g/mol. The highest BCUT2D eigenvalue weighted by Gasteiger charge is 2.16. The largest absolute Gasteiger partial charge is 0.493 e. The maximum atomic E-state index is 12.5. The molecule has 1 aliphatic heterocycles. The Morgan fingerprint density at radius 1 is 0.900 bits per heavy atom. The van der Waals surface area contributed by atoms with Gasteiger partial charge in [0.2, 0.25) is 0 Å². The minimum absolute atomic E-state index is 0.323. The predicted octanol–water partition coefficient (Wildman–Crippen LogP) is 5.07. The number of para-hydroxylation sites is 1. The molecular weight excluding hydrogens is 398 g/mol. The molecule has 152 valence electrons. The Balaban J connectivity index is 1.50. The van der Waals surface area contributed by atoms with E-state index in [0.717, 1.165) is 21.8 Å². The average Bonchev–Trinajstić information content (AvgIpc) is 2.79. The molecule has 7 heteroatoms. The van der Waals surface area contributed by atoms with Crippen molar-refractivity contribution < 1.29 is 14.3 Å². The lowest BCUT2D eigenvalue weighted by Gasteiger charge is -2.21. The monoisotopic (exact) mass is 419 g/mol. The van der Waals surface area contributed by atoms with Crippen LogP contribution in [0, 0.1) is 0 Å². The van der Waals surface area contributed by atoms with Crippen molar-refractivity contribution in [3.63, 3.8) is 0 Å². The van der Waals surface area contributed by atoms with Crippen molar-refractivity contribution >= 4 is 34.8 Å². The van der Waals surface area contributed by atoms with Gasteiger partial charge in [-0.1, -0.05) is 30.0 Å². The van der Waals surface area contributed by atoms with Crippen LogP contribution in [0.25, 0.3) is 0 Å². The Kier molecular flexibility index (Phi) is 5.63. The van der Waals surface area contributed by atoms with Crippen LogP contribution in [0.3, 0.4) is 0 Å². The molecule has 0 saturated carbocycles. The first kappa shape index (κ1) is 19.8. The second kappa shape index (κ2) is 8.51. The van der Waals surface area contributed by atoms with Crippen molar-refractivity contribution in [3.8, 4) is 11.5 Å². The highest BCUT2D eigenvalue weighted by molar-refractivity contribution is 7.99. The van der Waals surface area contributed by atoms with E-state index in [1.807, 2.05) is 31.2 Å². The zero-order chi connectivity index (χ0) is 21.1. The van der Waals surface area contributed by atoms with Crippen LogP contribution in [-0.2, 0) is 0 Å². The molecule has 3 aromatic carbocycles. The third-order valence-electron chi connectivity index (χ3n) is 4.74. The summed E-state index contributed by atoms with van der Waals surface area (Å²) in [6.07, 6.45) is 0. The molecule has 0 aliphatic carbocycles. The normalized spacial score (nSPS) is 12.3. The van der Waals surface area contributed by atoms with Crippen molar-refractivity contribution in [3.05, 3.63) is 71.8 Å². The van der Waals surface area contributed by atoms with Crippen molar-refractivity contribution in [2.45, 2.75) is 16.7 Å².